The highest BCUT2D eigenvalue weighted by atomic mass is 32.2. The number of guanidine groups is 1. The summed E-state index contributed by atoms with van der Waals surface area (Å²) >= 11 is 1.37. The SMILES string of the molecule is CC[C@H](C)[C@H](NC(=O)[C@H](CC(C)C)NC(=O)CNC(=O)[C@H](CO)NC(=O)[C@H](C)NC(=O)CN)C(=O)N1CCC[C@H]1C(=O)N[C@H](C(=O)N[C@@H](CCSC)C(=O)N[C@@H](CCCN=C(N)N)C(=O)N[C@@H](CC(N)=O)C(N)=O)C(C)C. The minimum absolute atomic E-state index is 0.0577. The third-order valence-electron chi connectivity index (χ3n) is 12.3. The molecule has 0 radical (unpaired) electrons. The molecule has 29 nitrogen and oxygen atoms in total. The topological polar surface area (TPSA) is 479 Å². The molecular weight excluding hydrogens is 1030 g/mol. The first-order chi connectivity index (χ1) is 36.1. The number of nitrogens with two attached hydrogens (primary N) is 5. The van der Waals surface area contributed by atoms with E-state index in [0.717, 1.165) is 0 Å². The van der Waals surface area contributed by atoms with Crippen LogP contribution in [0.5, 0.6) is 0 Å². The summed E-state index contributed by atoms with van der Waals surface area (Å²) in [4.78, 5) is 163. The predicted molar refractivity (Wildman–Crippen MR) is 285 cm³/mol. The van der Waals surface area contributed by atoms with Crippen LogP contribution in [0.2, 0.25) is 0 Å². The van der Waals surface area contributed by atoms with Gasteiger partial charge in [0.25, 0.3) is 0 Å². The molecule has 0 spiro atoms. The van der Waals surface area contributed by atoms with Crippen LogP contribution in [0.1, 0.15) is 99.8 Å². The van der Waals surface area contributed by atoms with Gasteiger partial charge < -0.3 is 86.5 Å². The molecule has 10 atom stereocenters. The van der Waals surface area contributed by atoms with Crippen LogP contribution < -0.4 is 76.5 Å². The molecule has 0 bridgehead atoms. The number of primary amides is 2. The number of carbonyl (C=O) groups excluding carboxylic acids is 12. The van der Waals surface area contributed by atoms with E-state index in [2.05, 4.69) is 52.8 Å². The molecule has 77 heavy (non-hydrogen) atoms. The van der Waals surface area contributed by atoms with Crippen LogP contribution in [0.15, 0.2) is 4.99 Å². The summed E-state index contributed by atoms with van der Waals surface area (Å²) in [5, 5.41) is 32.4. The Bertz CT molecular complexity index is 2100. The molecular formula is C47H84N16O13S. The summed E-state index contributed by atoms with van der Waals surface area (Å²) in [6.45, 7) is 10.1. The normalized spacial score (nSPS) is 16.6. The van der Waals surface area contributed by atoms with Crippen LogP contribution in [0, 0.1) is 17.8 Å². The Morgan fingerprint density at radius 1 is 0.675 bits per heavy atom. The Balaban J connectivity index is 3.30. The Morgan fingerprint density at radius 3 is 1.79 bits per heavy atom. The standard InChI is InChI=1S/C47H84N16O13S/c1-9-25(6)37(62-43(73)30(18-23(2)3)56-35(67)21-54-40(70)31(22-64)60-39(69)26(7)55-34(66)20-48)46(76)63-16-11-13-32(63)44(74)61-36(24(4)5)45(75)58-28(14-17-77-8)42(72)57-27(12-10-15-53-47(51)52)41(71)59-29(38(50)68)19-33(49)65/h23-32,36-37,64H,9-22,48H2,1-8H3,(H2,49,65)(H2,50,68)(H,54,70)(H,55,66)(H,56,67)(H,57,72)(H,58,75)(H,59,71)(H,60,69)(H,61,74)(H,62,73)(H4,51,52,53)/t25-,26-,27-,28-,29-,30-,31-,32-,36-,37-/m0/s1. The number of nitrogens with zero attached hydrogens (tertiary/aromatic N) is 2. The summed E-state index contributed by atoms with van der Waals surface area (Å²) in [5.74, 6) is -10.6. The van der Waals surface area contributed by atoms with Crippen LogP contribution in [0.25, 0.3) is 0 Å². The summed E-state index contributed by atoms with van der Waals surface area (Å²) < 4.78 is 0. The molecule has 1 heterocycles. The molecule has 0 aliphatic carbocycles. The van der Waals surface area contributed by atoms with Crippen molar-refractivity contribution in [3.8, 4) is 0 Å². The van der Waals surface area contributed by atoms with Gasteiger partial charge in [0, 0.05) is 13.1 Å². The van der Waals surface area contributed by atoms with Gasteiger partial charge in [0.1, 0.15) is 54.4 Å². The highest BCUT2D eigenvalue weighted by Gasteiger charge is 2.42. The maximum absolute atomic E-state index is 14.5. The molecule has 436 valence electrons. The monoisotopic (exact) mass is 1110 g/mol. The average molecular weight is 1110 g/mol. The van der Waals surface area contributed by atoms with E-state index in [9.17, 15) is 62.6 Å². The summed E-state index contributed by atoms with van der Waals surface area (Å²) in [6, 6.07) is -11.4. The first kappa shape index (κ1) is 68.2. The summed E-state index contributed by atoms with van der Waals surface area (Å²) in [5.41, 5.74) is 26.7. The lowest BCUT2D eigenvalue weighted by molar-refractivity contribution is -0.144. The fourth-order valence-electron chi connectivity index (χ4n) is 7.81. The van der Waals surface area contributed by atoms with E-state index in [1.54, 1.807) is 47.8 Å². The van der Waals surface area contributed by atoms with E-state index in [1.807, 2.05) is 0 Å². The number of rotatable bonds is 35. The Hall–Kier alpha value is -6.82. The fourth-order valence-corrected chi connectivity index (χ4v) is 8.28. The van der Waals surface area contributed by atoms with Crippen molar-refractivity contribution in [3.05, 3.63) is 0 Å². The van der Waals surface area contributed by atoms with Gasteiger partial charge >= 0.3 is 0 Å². The summed E-state index contributed by atoms with van der Waals surface area (Å²) in [6.07, 6.45) is 2.46. The predicted octanol–water partition coefficient (Wildman–Crippen LogP) is -6.14. The second-order valence-electron chi connectivity index (χ2n) is 19.5. The molecule has 1 aliphatic heterocycles. The molecule has 0 aromatic rings. The quantitative estimate of drug-likeness (QED) is 0.0160. The van der Waals surface area contributed by atoms with Crippen LogP contribution in [-0.2, 0) is 57.5 Å². The molecule has 30 heteroatoms. The van der Waals surface area contributed by atoms with Crippen LogP contribution in [0.4, 0.5) is 0 Å². The van der Waals surface area contributed by atoms with Crippen molar-refractivity contribution < 1.29 is 62.6 Å². The number of aliphatic hydroxyl groups is 1. The van der Waals surface area contributed by atoms with Crippen molar-refractivity contribution in [3.63, 3.8) is 0 Å². The van der Waals surface area contributed by atoms with Gasteiger partial charge in [0.15, 0.2) is 5.96 Å². The van der Waals surface area contributed by atoms with Gasteiger partial charge in [-0.3, -0.25) is 62.5 Å². The van der Waals surface area contributed by atoms with Gasteiger partial charge in [-0.1, -0.05) is 48.0 Å². The Morgan fingerprint density at radius 2 is 1.26 bits per heavy atom. The first-order valence-electron chi connectivity index (χ1n) is 25.5. The van der Waals surface area contributed by atoms with E-state index < -0.39 is 157 Å². The zero-order chi connectivity index (χ0) is 58.7. The number of nitrogens with one attached hydrogen (secondary N) is 9. The number of aliphatic hydroxyl groups excluding tert-OH is 1. The van der Waals surface area contributed by atoms with Crippen LogP contribution >= 0.6 is 11.8 Å². The van der Waals surface area contributed by atoms with Crippen molar-refractivity contribution in [2.75, 3.05) is 44.8 Å². The van der Waals surface area contributed by atoms with E-state index in [4.69, 9.17) is 28.7 Å². The molecule has 20 N–H and O–H groups in total. The Kier molecular flexibility index (Phi) is 30.8. The van der Waals surface area contributed by atoms with Gasteiger partial charge in [-0.15, -0.1) is 0 Å². The third-order valence-corrected chi connectivity index (χ3v) is 12.9. The number of thioether (sulfide) groups is 1. The number of hydrogen-bond donors (Lipinski definition) is 15. The molecule has 1 aliphatic rings. The first-order valence-corrected chi connectivity index (χ1v) is 26.9. The zero-order valence-electron chi connectivity index (χ0n) is 45.4. The molecule has 0 aromatic carbocycles. The summed E-state index contributed by atoms with van der Waals surface area (Å²) in [7, 11) is 0. The highest BCUT2D eigenvalue weighted by molar-refractivity contribution is 7.98. The number of likely N-dealkylation sites (tertiary alicyclic amines) is 1. The molecule has 1 rings (SSSR count). The molecule has 1 fully saturated rings. The van der Waals surface area contributed by atoms with Gasteiger partial charge in [-0.05, 0) is 75.2 Å². The largest absolute Gasteiger partial charge is 0.394 e. The molecule has 12 amide bonds. The van der Waals surface area contributed by atoms with Crippen LogP contribution in [-0.4, -0.2) is 186 Å². The van der Waals surface area contributed by atoms with Gasteiger partial charge in [0.2, 0.25) is 70.9 Å². The van der Waals surface area contributed by atoms with Crippen LogP contribution in [0.3, 0.4) is 0 Å². The van der Waals surface area contributed by atoms with E-state index in [-0.39, 0.29) is 63.6 Å². The van der Waals surface area contributed by atoms with E-state index in [1.165, 1.54) is 23.6 Å². The van der Waals surface area contributed by atoms with Crippen molar-refractivity contribution in [1.29, 1.82) is 0 Å². The molecule has 0 saturated carbocycles. The van der Waals surface area contributed by atoms with E-state index >= 15 is 0 Å². The second-order valence-corrected chi connectivity index (χ2v) is 20.5. The minimum atomic E-state index is -1.50. The molecule has 0 unspecified atom stereocenters. The van der Waals surface area contributed by atoms with Crippen molar-refractivity contribution in [2.24, 2.45) is 51.4 Å². The highest BCUT2D eigenvalue weighted by Crippen LogP contribution is 2.23. The van der Waals surface area contributed by atoms with Crippen molar-refractivity contribution >= 4 is 88.6 Å². The number of carbonyl (C=O) groups is 12. The Labute approximate surface area is 453 Å². The minimum Gasteiger partial charge on any atom is -0.394 e. The molecule has 1 saturated heterocycles. The maximum atomic E-state index is 14.5. The lowest BCUT2D eigenvalue weighted by Crippen LogP contribution is -2.61. The number of aliphatic imine (C=N–C) groups is 1. The third kappa shape index (κ3) is 24.4. The lowest BCUT2D eigenvalue weighted by atomic mass is 9.95. The van der Waals surface area contributed by atoms with E-state index in [0.29, 0.717) is 18.6 Å². The molecule has 0 aromatic heterocycles. The second kappa shape index (κ2) is 34.8. The smallest absolute Gasteiger partial charge is 0.246 e. The lowest BCUT2D eigenvalue weighted by Gasteiger charge is -2.33. The average Bonchev–Trinajstić information content (AvgIpc) is 3.86. The number of hydrogen-bond acceptors (Lipinski definition) is 16. The van der Waals surface area contributed by atoms with Crippen molar-refractivity contribution in [1.82, 2.24) is 52.8 Å². The van der Waals surface area contributed by atoms with Crippen molar-refractivity contribution in [2.45, 2.75) is 154 Å². The van der Waals surface area contributed by atoms with Gasteiger partial charge in [0.05, 0.1) is 26.1 Å². The zero-order valence-corrected chi connectivity index (χ0v) is 46.2. The maximum Gasteiger partial charge on any atom is 0.246 e. The van der Waals surface area contributed by atoms with Gasteiger partial charge in [-0.2, -0.15) is 11.8 Å². The van der Waals surface area contributed by atoms with Gasteiger partial charge in [-0.25, -0.2) is 0 Å². The fraction of sp³-hybridized carbons (Fsp3) is 0.723. The number of amides is 12.